The number of nitrogens with zero attached hydrogens (tertiary/aromatic N) is 1. The fourth-order valence-electron chi connectivity index (χ4n) is 1.93. The Bertz CT molecular complexity index is 138. The molecule has 0 bridgehead atoms. The summed E-state index contributed by atoms with van der Waals surface area (Å²) in [6.07, 6.45) is 2.53. The van der Waals surface area contributed by atoms with Crippen molar-refractivity contribution < 1.29 is 0 Å². The van der Waals surface area contributed by atoms with Gasteiger partial charge in [0.2, 0.25) is 0 Å². The van der Waals surface area contributed by atoms with Crippen LogP contribution in [0, 0.1) is 5.41 Å². The zero-order valence-corrected chi connectivity index (χ0v) is 10.9. The van der Waals surface area contributed by atoms with Gasteiger partial charge in [-0.3, -0.25) is 0 Å². The highest BCUT2D eigenvalue weighted by molar-refractivity contribution is 4.72. The maximum Gasteiger partial charge on any atom is 0.0191 e. The lowest BCUT2D eigenvalue weighted by atomic mass is 9.96. The molecule has 86 valence electrons. The van der Waals surface area contributed by atoms with E-state index in [0.29, 0.717) is 11.5 Å². The van der Waals surface area contributed by atoms with E-state index >= 15 is 0 Å². The third-order valence-electron chi connectivity index (χ3n) is 2.32. The van der Waals surface area contributed by atoms with Crippen LogP contribution in [-0.2, 0) is 0 Å². The van der Waals surface area contributed by atoms with Crippen LogP contribution in [0.4, 0.5) is 0 Å². The van der Waals surface area contributed by atoms with E-state index < -0.39 is 0 Å². The molecule has 0 aromatic heterocycles. The lowest BCUT2D eigenvalue weighted by Crippen LogP contribution is -2.40. The number of rotatable bonds is 6. The minimum atomic E-state index is 0.402. The summed E-state index contributed by atoms with van der Waals surface area (Å²) in [4.78, 5) is 2.43. The molecule has 1 atom stereocenters. The largest absolute Gasteiger partial charge is 0.316 e. The summed E-state index contributed by atoms with van der Waals surface area (Å²) >= 11 is 0. The van der Waals surface area contributed by atoms with Crippen molar-refractivity contribution >= 4 is 0 Å². The smallest absolute Gasteiger partial charge is 0.0191 e. The summed E-state index contributed by atoms with van der Waals surface area (Å²) < 4.78 is 0. The van der Waals surface area contributed by atoms with Crippen LogP contribution in [0.25, 0.3) is 0 Å². The topological polar surface area (TPSA) is 15.3 Å². The molecule has 2 heteroatoms. The van der Waals surface area contributed by atoms with Crippen LogP contribution < -0.4 is 5.32 Å². The molecule has 0 aliphatic carbocycles. The molecule has 0 aromatic carbocycles. The molecule has 14 heavy (non-hydrogen) atoms. The summed E-state index contributed by atoms with van der Waals surface area (Å²) in [6.45, 7) is 11.4. The fourth-order valence-corrected chi connectivity index (χ4v) is 1.93. The second-order valence-electron chi connectivity index (χ2n) is 5.53. The number of nitrogens with one attached hydrogen (secondary N) is 1. The van der Waals surface area contributed by atoms with Gasteiger partial charge in [-0.05, 0) is 25.9 Å². The van der Waals surface area contributed by atoms with E-state index in [-0.39, 0.29) is 0 Å². The van der Waals surface area contributed by atoms with Gasteiger partial charge >= 0.3 is 0 Å². The average molecular weight is 200 g/mol. The van der Waals surface area contributed by atoms with E-state index in [4.69, 9.17) is 0 Å². The van der Waals surface area contributed by atoms with Gasteiger partial charge in [0.05, 0.1) is 0 Å². The molecule has 2 nitrogen and oxygen atoms in total. The third-order valence-corrected chi connectivity index (χ3v) is 2.32. The molecule has 0 aliphatic heterocycles. The maximum atomic E-state index is 3.38. The Morgan fingerprint density at radius 1 is 1.29 bits per heavy atom. The first-order chi connectivity index (χ1) is 6.39. The van der Waals surface area contributed by atoms with Gasteiger partial charge in [0.15, 0.2) is 0 Å². The second-order valence-corrected chi connectivity index (χ2v) is 5.53. The zero-order valence-electron chi connectivity index (χ0n) is 10.9. The lowest BCUT2D eigenvalue weighted by molar-refractivity contribution is 0.207. The predicted octanol–water partition coefficient (Wildman–Crippen LogP) is 2.35. The highest BCUT2D eigenvalue weighted by Gasteiger charge is 2.15. The van der Waals surface area contributed by atoms with E-state index in [9.17, 15) is 0 Å². The van der Waals surface area contributed by atoms with Crippen molar-refractivity contribution in [1.29, 1.82) is 0 Å². The van der Waals surface area contributed by atoms with Crippen LogP contribution in [-0.4, -0.2) is 38.1 Å². The van der Waals surface area contributed by atoms with E-state index in [1.165, 1.54) is 12.8 Å². The molecular formula is C12H28N2. The van der Waals surface area contributed by atoms with E-state index in [1.54, 1.807) is 0 Å². The molecule has 0 radical (unpaired) electrons. The highest BCUT2D eigenvalue weighted by atomic mass is 15.1. The van der Waals surface area contributed by atoms with Crippen LogP contribution in [0.15, 0.2) is 0 Å². The summed E-state index contributed by atoms with van der Waals surface area (Å²) in [5, 5.41) is 3.38. The molecule has 0 saturated heterocycles. The SMILES string of the molecule is CCCC(CN(C)CC(C)(C)C)NC. The van der Waals surface area contributed by atoms with Crippen LogP contribution in [0.5, 0.6) is 0 Å². The summed E-state index contributed by atoms with van der Waals surface area (Å²) in [6, 6.07) is 0.646. The Morgan fingerprint density at radius 3 is 2.21 bits per heavy atom. The second kappa shape index (κ2) is 6.41. The molecule has 0 spiro atoms. The maximum absolute atomic E-state index is 3.38. The molecule has 1 N–H and O–H groups in total. The fraction of sp³-hybridized carbons (Fsp3) is 1.00. The standard InChI is InChI=1S/C12H28N2/c1-7-8-11(13-5)9-14(6)10-12(2,3)4/h11,13H,7-10H2,1-6H3. The van der Waals surface area contributed by atoms with Gasteiger partial charge in [-0.15, -0.1) is 0 Å². The van der Waals surface area contributed by atoms with Gasteiger partial charge in [0, 0.05) is 19.1 Å². The molecule has 0 fully saturated rings. The predicted molar refractivity (Wildman–Crippen MR) is 64.7 cm³/mol. The quantitative estimate of drug-likeness (QED) is 0.708. The van der Waals surface area contributed by atoms with Crippen molar-refractivity contribution in [2.45, 2.75) is 46.6 Å². The Labute approximate surface area is 90.1 Å². The van der Waals surface area contributed by atoms with Crippen molar-refractivity contribution in [3.8, 4) is 0 Å². The normalized spacial score (nSPS) is 14.8. The lowest BCUT2D eigenvalue weighted by Gasteiger charge is -2.29. The molecule has 0 saturated carbocycles. The van der Waals surface area contributed by atoms with Crippen LogP contribution in [0.3, 0.4) is 0 Å². The molecule has 0 rings (SSSR count). The van der Waals surface area contributed by atoms with Crippen molar-refractivity contribution in [1.82, 2.24) is 10.2 Å². The number of likely N-dealkylation sites (N-methyl/N-ethyl adjacent to an activating group) is 2. The minimum Gasteiger partial charge on any atom is -0.316 e. The Morgan fingerprint density at radius 2 is 1.86 bits per heavy atom. The summed E-state index contributed by atoms with van der Waals surface area (Å²) in [5.41, 5.74) is 0.402. The summed E-state index contributed by atoms with van der Waals surface area (Å²) in [5.74, 6) is 0. The minimum absolute atomic E-state index is 0.402. The van der Waals surface area contributed by atoms with Crippen LogP contribution in [0.1, 0.15) is 40.5 Å². The van der Waals surface area contributed by atoms with Gasteiger partial charge in [-0.2, -0.15) is 0 Å². The van der Waals surface area contributed by atoms with Crippen LogP contribution in [0.2, 0.25) is 0 Å². The van der Waals surface area contributed by atoms with E-state index in [0.717, 1.165) is 13.1 Å². The van der Waals surface area contributed by atoms with E-state index in [2.05, 4.69) is 52.0 Å². The monoisotopic (exact) mass is 200 g/mol. The Balaban J connectivity index is 3.84. The Hall–Kier alpha value is -0.0800. The van der Waals surface area contributed by atoms with Crippen molar-refractivity contribution in [3.05, 3.63) is 0 Å². The van der Waals surface area contributed by atoms with Crippen molar-refractivity contribution in [3.63, 3.8) is 0 Å². The highest BCUT2D eigenvalue weighted by Crippen LogP contribution is 2.14. The molecule has 0 aliphatic rings. The average Bonchev–Trinajstić information content (AvgIpc) is 2.00. The third kappa shape index (κ3) is 7.34. The molecule has 0 amide bonds. The van der Waals surface area contributed by atoms with Gasteiger partial charge in [0.25, 0.3) is 0 Å². The zero-order chi connectivity index (χ0) is 11.2. The van der Waals surface area contributed by atoms with Crippen LogP contribution >= 0.6 is 0 Å². The first-order valence-electron chi connectivity index (χ1n) is 5.75. The van der Waals surface area contributed by atoms with Gasteiger partial charge in [0.1, 0.15) is 0 Å². The van der Waals surface area contributed by atoms with Gasteiger partial charge < -0.3 is 10.2 Å². The number of hydrogen-bond acceptors (Lipinski definition) is 2. The number of hydrogen-bond donors (Lipinski definition) is 1. The first kappa shape index (κ1) is 13.9. The van der Waals surface area contributed by atoms with E-state index in [1.807, 2.05) is 0 Å². The van der Waals surface area contributed by atoms with Gasteiger partial charge in [-0.25, -0.2) is 0 Å². The molecule has 0 aromatic rings. The van der Waals surface area contributed by atoms with Gasteiger partial charge in [-0.1, -0.05) is 34.1 Å². The summed E-state index contributed by atoms with van der Waals surface area (Å²) in [7, 11) is 4.27. The van der Waals surface area contributed by atoms with Crippen molar-refractivity contribution in [2.24, 2.45) is 5.41 Å². The molecular weight excluding hydrogens is 172 g/mol. The van der Waals surface area contributed by atoms with Crippen molar-refractivity contribution in [2.75, 3.05) is 27.2 Å². The Kier molecular flexibility index (Phi) is 6.38. The molecule has 1 unspecified atom stereocenters. The molecule has 0 heterocycles. The first-order valence-corrected chi connectivity index (χ1v) is 5.75.